The third-order valence-electron chi connectivity index (χ3n) is 3.01. The first-order chi connectivity index (χ1) is 9.40. The van der Waals surface area contributed by atoms with Gasteiger partial charge in [0.1, 0.15) is 0 Å². The average molecular weight is 319 g/mol. The fourth-order valence-electron chi connectivity index (χ4n) is 1.88. The van der Waals surface area contributed by atoms with Gasteiger partial charge in [0.25, 0.3) is 0 Å². The molecule has 0 radical (unpaired) electrons. The number of hydrogen-bond acceptors (Lipinski definition) is 4. The minimum atomic E-state index is -3.42. The molecule has 20 heavy (non-hydrogen) atoms. The third kappa shape index (κ3) is 5.12. The molecule has 1 atom stereocenters. The van der Waals surface area contributed by atoms with Gasteiger partial charge in [0.2, 0.25) is 10.0 Å². The van der Waals surface area contributed by atoms with Crippen LogP contribution < -0.4 is 10.0 Å². The summed E-state index contributed by atoms with van der Waals surface area (Å²) in [5.41, 5.74) is 0.946. The Balaban J connectivity index is 2.70. The van der Waals surface area contributed by atoms with Crippen LogP contribution >= 0.6 is 11.8 Å². The molecule has 1 heterocycles. The highest BCUT2D eigenvalue weighted by Crippen LogP contribution is 2.14. The van der Waals surface area contributed by atoms with E-state index in [9.17, 15) is 8.42 Å². The minimum Gasteiger partial charge on any atom is -0.352 e. The van der Waals surface area contributed by atoms with Crippen LogP contribution in [-0.4, -0.2) is 37.6 Å². The van der Waals surface area contributed by atoms with Crippen molar-refractivity contribution in [2.24, 2.45) is 7.05 Å². The molecule has 2 N–H and O–H groups in total. The number of aromatic nitrogens is 1. The monoisotopic (exact) mass is 319 g/mol. The number of hydrogen-bond donors (Lipinski definition) is 2. The van der Waals surface area contributed by atoms with E-state index in [0.29, 0.717) is 11.4 Å². The lowest BCUT2D eigenvalue weighted by molar-refractivity contribution is 0.557. The molecule has 1 rings (SSSR count). The first kappa shape index (κ1) is 17.6. The van der Waals surface area contributed by atoms with Gasteiger partial charge in [0, 0.05) is 31.5 Å². The van der Waals surface area contributed by atoms with Crippen LogP contribution in [0.15, 0.2) is 17.2 Å². The summed E-state index contributed by atoms with van der Waals surface area (Å²) in [6, 6.07) is 1.67. The largest absolute Gasteiger partial charge is 0.352 e. The number of nitrogens with zero attached hydrogens (tertiary/aromatic N) is 1. The minimum absolute atomic E-state index is 0.0491. The Morgan fingerprint density at radius 1 is 1.45 bits per heavy atom. The van der Waals surface area contributed by atoms with E-state index in [1.807, 2.05) is 37.3 Å². The maximum atomic E-state index is 12.3. The summed E-state index contributed by atoms with van der Waals surface area (Å²) in [5.74, 6) is 2.03. The molecule has 5 nitrogen and oxygen atoms in total. The Morgan fingerprint density at radius 3 is 2.75 bits per heavy atom. The Bertz CT molecular complexity index is 512. The van der Waals surface area contributed by atoms with E-state index >= 15 is 0 Å². The van der Waals surface area contributed by atoms with Crippen LogP contribution in [0.1, 0.15) is 26.0 Å². The predicted molar refractivity (Wildman–Crippen MR) is 85.6 cm³/mol. The van der Waals surface area contributed by atoms with Crippen LogP contribution in [0.2, 0.25) is 0 Å². The third-order valence-corrected chi connectivity index (χ3v) is 5.50. The van der Waals surface area contributed by atoms with Crippen LogP contribution in [0.5, 0.6) is 0 Å². The van der Waals surface area contributed by atoms with Gasteiger partial charge in [-0.1, -0.05) is 6.92 Å². The van der Waals surface area contributed by atoms with Gasteiger partial charge in [-0.3, -0.25) is 0 Å². The molecule has 0 saturated heterocycles. The smallest absolute Gasteiger partial charge is 0.242 e. The van der Waals surface area contributed by atoms with Crippen molar-refractivity contribution in [3.8, 4) is 0 Å². The standard InChI is InChI=1S/C13H25N3O2S2/c1-5-19-7-6-11(2)15-20(17,18)13-8-12(9-14-3)16(4)10-13/h8,10-11,14-15H,5-7,9H2,1-4H3. The van der Waals surface area contributed by atoms with Crippen LogP contribution in [0, 0.1) is 0 Å². The molecule has 0 spiro atoms. The molecule has 0 amide bonds. The molecule has 0 aromatic carbocycles. The fraction of sp³-hybridized carbons (Fsp3) is 0.692. The molecule has 0 saturated carbocycles. The Hall–Kier alpha value is -0.500. The van der Waals surface area contributed by atoms with E-state index in [1.165, 1.54) is 0 Å². The van der Waals surface area contributed by atoms with Crippen LogP contribution in [0.4, 0.5) is 0 Å². The topological polar surface area (TPSA) is 63.1 Å². The van der Waals surface area contributed by atoms with E-state index in [-0.39, 0.29) is 6.04 Å². The van der Waals surface area contributed by atoms with Crippen molar-refractivity contribution in [2.75, 3.05) is 18.6 Å². The zero-order chi connectivity index (χ0) is 15.2. The summed E-state index contributed by atoms with van der Waals surface area (Å²) in [4.78, 5) is 0.334. The van der Waals surface area contributed by atoms with E-state index in [0.717, 1.165) is 23.6 Å². The maximum Gasteiger partial charge on any atom is 0.242 e. The highest BCUT2D eigenvalue weighted by Gasteiger charge is 2.19. The lowest BCUT2D eigenvalue weighted by Crippen LogP contribution is -2.32. The number of thioether (sulfide) groups is 1. The molecule has 7 heteroatoms. The van der Waals surface area contributed by atoms with Crippen molar-refractivity contribution in [1.82, 2.24) is 14.6 Å². The van der Waals surface area contributed by atoms with Gasteiger partial charge in [-0.2, -0.15) is 11.8 Å². The van der Waals surface area contributed by atoms with Gasteiger partial charge in [-0.25, -0.2) is 13.1 Å². The van der Waals surface area contributed by atoms with Crippen molar-refractivity contribution in [3.63, 3.8) is 0 Å². The Morgan fingerprint density at radius 2 is 2.15 bits per heavy atom. The summed E-state index contributed by atoms with van der Waals surface area (Å²) in [7, 11) is 0.270. The zero-order valence-electron chi connectivity index (χ0n) is 12.6. The van der Waals surface area contributed by atoms with Gasteiger partial charge in [-0.15, -0.1) is 0 Å². The van der Waals surface area contributed by atoms with Crippen LogP contribution in [-0.2, 0) is 23.6 Å². The molecule has 116 valence electrons. The van der Waals surface area contributed by atoms with Gasteiger partial charge in [0.15, 0.2) is 0 Å². The molecule has 1 aromatic heterocycles. The summed E-state index contributed by atoms with van der Waals surface area (Å²) < 4.78 is 29.2. The van der Waals surface area contributed by atoms with Crippen molar-refractivity contribution < 1.29 is 8.42 Å². The molecule has 0 aliphatic rings. The van der Waals surface area contributed by atoms with Crippen molar-refractivity contribution >= 4 is 21.8 Å². The van der Waals surface area contributed by atoms with Gasteiger partial charge in [-0.05, 0) is 38.0 Å². The fourth-order valence-corrected chi connectivity index (χ4v) is 4.06. The number of rotatable bonds is 9. The average Bonchev–Trinajstić information content (AvgIpc) is 2.72. The van der Waals surface area contributed by atoms with Crippen LogP contribution in [0.25, 0.3) is 0 Å². The molecule has 1 aromatic rings. The molecule has 0 aliphatic heterocycles. The normalized spacial score (nSPS) is 13.6. The first-order valence-electron chi connectivity index (χ1n) is 6.80. The van der Waals surface area contributed by atoms with E-state index < -0.39 is 10.0 Å². The lowest BCUT2D eigenvalue weighted by atomic mass is 10.3. The predicted octanol–water partition coefficient (Wildman–Crippen LogP) is 1.55. The van der Waals surface area contributed by atoms with E-state index in [1.54, 1.807) is 12.3 Å². The second kappa shape index (κ2) is 8.07. The molecular weight excluding hydrogens is 294 g/mol. The van der Waals surface area contributed by atoms with Crippen molar-refractivity contribution in [1.29, 1.82) is 0 Å². The summed E-state index contributed by atoms with van der Waals surface area (Å²) in [5, 5.41) is 3.03. The molecular formula is C13H25N3O2S2. The summed E-state index contributed by atoms with van der Waals surface area (Å²) >= 11 is 1.82. The van der Waals surface area contributed by atoms with E-state index in [4.69, 9.17) is 0 Å². The van der Waals surface area contributed by atoms with E-state index in [2.05, 4.69) is 17.0 Å². The van der Waals surface area contributed by atoms with Gasteiger partial charge < -0.3 is 9.88 Å². The second-order valence-corrected chi connectivity index (χ2v) is 7.92. The van der Waals surface area contributed by atoms with Crippen molar-refractivity contribution in [3.05, 3.63) is 18.0 Å². The first-order valence-corrected chi connectivity index (χ1v) is 9.44. The maximum absolute atomic E-state index is 12.3. The summed E-state index contributed by atoms with van der Waals surface area (Å²) in [6.07, 6.45) is 2.50. The zero-order valence-corrected chi connectivity index (χ0v) is 14.3. The second-order valence-electron chi connectivity index (χ2n) is 4.82. The van der Waals surface area contributed by atoms with Gasteiger partial charge >= 0.3 is 0 Å². The Kier molecular flexibility index (Phi) is 7.08. The number of aryl methyl sites for hydroxylation is 1. The van der Waals surface area contributed by atoms with Crippen molar-refractivity contribution in [2.45, 2.75) is 37.8 Å². The summed E-state index contributed by atoms with van der Waals surface area (Å²) in [6.45, 7) is 4.66. The number of sulfonamides is 1. The lowest BCUT2D eigenvalue weighted by Gasteiger charge is -2.12. The highest BCUT2D eigenvalue weighted by molar-refractivity contribution is 7.99. The SMILES string of the molecule is CCSCCC(C)NS(=O)(=O)c1cc(CNC)n(C)c1. The molecule has 0 aliphatic carbocycles. The van der Waals surface area contributed by atoms with Crippen LogP contribution in [0.3, 0.4) is 0 Å². The molecule has 1 unspecified atom stereocenters. The van der Waals surface area contributed by atoms with Gasteiger partial charge in [0.05, 0.1) is 4.90 Å². The quantitative estimate of drug-likeness (QED) is 0.678. The molecule has 0 fully saturated rings. The number of nitrogens with one attached hydrogen (secondary N) is 2. The molecule has 0 bridgehead atoms. The Labute approximate surface area is 126 Å². The highest BCUT2D eigenvalue weighted by atomic mass is 32.2.